The van der Waals surface area contributed by atoms with E-state index in [1.165, 1.54) is 0 Å². The minimum Gasteiger partial charge on any atom is -0.394 e. The third-order valence-electron chi connectivity index (χ3n) is 2.27. The Balaban J connectivity index is 2.34. The second-order valence-corrected chi connectivity index (χ2v) is 3.79. The Hall–Kier alpha value is -1.80. The molecule has 0 aliphatic carbocycles. The summed E-state index contributed by atoms with van der Waals surface area (Å²) >= 11 is 0. The quantitative estimate of drug-likeness (QED) is 0.528. The van der Waals surface area contributed by atoms with Crippen LogP contribution in [0, 0.1) is 17.5 Å². The van der Waals surface area contributed by atoms with Crippen LogP contribution in [-0.2, 0) is 4.74 Å². The molecule has 0 spiro atoms. The first-order chi connectivity index (χ1) is 9.56. The van der Waals surface area contributed by atoms with E-state index in [2.05, 4.69) is 10.6 Å². The van der Waals surface area contributed by atoms with Gasteiger partial charge in [0.2, 0.25) is 0 Å². The summed E-state index contributed by atoms with van der Waals surface area (Å²) in [5.41, 5.74) is -0.446. The number of urea groups is 1. The number of nitrogens with one attached hydrogen (secondary N) is 2. The van der Waals surface area contributed by atoms with Crippen LogP contribution in [-0.4, -0.2) is 37.5 Å². The summed E-state index contributed by atoms with van der Waals surface area (Å²) in [5, 5.41) is 12.9. The van der Waals surface area contributed by atoms with E-state index in [1.54, 1.807) is 0 Å². The Morgan fingerprint density at radius 2 is 1.95 bits per heavy atom. The van der Waals surface area contributed by atoms with Gasteiger partial charge in [0.1, 0.15) is 0 Å². The Morgan fingerprint density at radius 3 is 2.65 bits per heavy atom. The molecular formula is C12H15F3N2O3. The molecule has 1 aromatic rings. The molecule has 0 radical (unpaired) electrons. The number of rotatable bonds is 7. The van der Waals surface area contributed by atoms with Gasteiger partial charge in [0.05, 0.1) is 18.9 Å². The van der Waals surface area contributed by atoms with Crippen molar-refractivity contribution in [3.05, 3.63) is 29.6 Å². The van der Waals surface area contributed by atoms with Gasteiger partial charge in [-0.2, -0.15) is 0 Å². The number of ether oxygens (including phenoxy) is 1. The number of hydrogen-bond acceptors (Lipinski definition) is 3. The molecule has 0 saturated carbocycles. The molecule has 0 aliphatic heterocycles. The first kappa shape index (κ1) is 16.3. The summed E-state index contributed by atoms with van der Waals surface area (Å²) in [6.45, 7) is 0.735. The largest absolute Gasteiger partial charge is 0.394 e. The van der Waals surface area contributed by atoms with Crippen molar-refractivity contribution in [3.63, 3.8) is 0 Å². The molecule has 3 N–H and O–H groups in total. The molecule has 2 amide bonds. The lowest BCUT2D eigenvalue weighted by Gasteiger charge is -2.09. The molecular weight excluding hydrogens is 277 g/mol. The van der Waals surface area contributed by atoms with Crippen LogP contribution < -0.4 is 10.6 Å². The number of benzene rings is 1. The van der Waals surface area contributed by atoms with Crippen molar-refractivity contribution in [2.75, 3.05) is 31.7 Å². The average molecular weight is 292 g/mol. The molecule has 0 saturated heterocycles. The van der Waals surface area contributed by atoms with Gasteiger partial charge in [0.15, 0.2) is 17.5 Å². The summed E-state index contributed by atoms with van der Waals surface area (Å²) in [6, 6.07) is 0.908. The van der Waals surface area contributed by atoms with Crippen LogP contribution in [0.5, 0.6) is 0 Å². The number of carbonyl (C=O) groups is 1. The van der Waals surface area contributed by atoms with Crippen molar-refractivity contribution < 1.29 is 27.8 Å². The topological polar surface area (TPSA) is 70.6 Å². The molecule has 0 unspecified atom stereocenters. The Bertz CT molecular complexity index is 458. The molecule has 0 aromatic heterocycles. The van der Waals surface area contributed by atoms with Crippen molar-refractivity contribution in [2.45, 2.75) is 6.42 Å². The van der Waals surface area contributed by atoms with Crippen LogP contribution in [0.4, 0.5) is 23.7 Å². The highest BCUT2D eigenvalue weighted by Crippen LogP contribution is 2.19. The maximum Gasteiger partial charge on any atom is 0.319 e. The average Bonchev–Trinajstić information content (AvgIpc) is 2.43. The molecule has 5 nitrogen and oxygen atoms in total. The summed E-state index contributed by atoms with van der Waals surface area (Å²) in [7, 11) is 0. The number of hydrogen-bond donors (Lipinski definition) is 3. The third kappa shape index (κ3) is 5.06. The highest BCUT2D eigenvalue weighted by atomic mass is 19.2. The number of aliphatic hydroxyl groups excluding tert-OH is 1. The minimum absolute atomic E-state index is 0.0800. The van der Waals surface area contributed by atoms with Crippen LogP contribution in [0.15, 0.2) is 12.1 Å². The van der Waals surface area contributed by atoms with Crippen molar-refractivity contribution in [3.8, 4) is 0 Å². The minimum atomic E-state index is -1.64. The second-order valence-electron chi connectivity index (χ2n) is 3.79. The Morgan fingerprint density at radius 1 is 1.20 bits per heavy atom. The van der Waals surface area contributed by atoms with Crippen molar-refractivity contribution in [1.82, 2.24) is 5.32 Å². The fourth-order valence-corrected chi connectivity index (χ4v) is 1.33. The number of halogens is 3. The molecule has 1 aromatic carbocycles. The van der Waals surface area contributed by atoms with E-state index < -0.39 is 29.2 Å². The van der Waals surface area contributed by atoms with Crippen molar-refractivity contribution in [2.24, 2.45) is 0 Å². The zero-order valence-corrected chi connectivity index (χ0v) is 10.6. The predicted octanol–water partition coefficient (Wildman–Crippen LogP) is 1.62. The smallest absolute Gasteiger partial charge is 0.319 e. The van der Waals surface area contributed by atoms with E-state index in [1.807, 2.05) is 0 Å². The first-order valence-corrected chi connectivity index (χ1v) is 5.93. The maximum absolute atomic E-state index is 13.2. The molecule has 0 fully saturated rings. The molecule has 1 rings (SSSR count). The Kier molecular flexibility index (Phi) is 6.82. The number of amides is 2. The predicted molar refractivity (Wildman–Crippen MR) is 65.9 cm³/mol. The fourth-order valence-electron chi connectivity index (χ4n) is 1.33. The van der Waals surface area contributed by atoms with E-state index in [0.29, 0.717) is 13.0 Å². The molecule has 20 heavy (non-hydrogen) atoms. The van der Waals surface area contributed by atoms with Gasteiger partial charge < -0.3 is 20.5 Å². The fraction of sp³-hybridized carbons (Fsp3) is 0.417. The molecule has 112 valence electrons. The summed E-state index contributed by atoms with van der Waals surface area (Å²) in [5.74, 6) is -4.42. The zero-order chi connectivity index (χ0) is 15.0. The highest BCUT2D eigenvalue weighted by molar-refractivity contribution is 5.89. The SMILES string of the molecule is O=C(NCCCOCCO)Nc1ccc(F)c(F)c1F. The lowest BCUT2D eigenvalue weighted by Crippen LogP contribution is -2.30. The maximum atomic E-state index is 13.2. The van der Waals surface area contributed by atoms with Gasteiger partial charge in [-0.15, -0.1) is 0 Å². The van der Waals surface area contributed by atoms with Gasteiger partial charge in [-0.05, 0) is 18.6 Å². The van der Waals surface area contributed by atoms with Crippen LogP contribution in [0.2, 0.25) is 0 Å². The first-order valence-electron chi connectivity index (χ1n) is 5.93. The van der Waals surface area contributed by atoms with Crippen LogP contribution in [0.1, 0.15) is 6.42 Å². The van der Waals surface area contributed by atoms with Crippen LogP contribution in [0.3, 0.4) is 0 Å². The van der Waals surface area contributed by atoms with Crippen LogP contribution in [0.25, 0.3) is 0 Å². The lowest BCUT2D eigenvalue weighted by molar-refractivity contribution is 0.0910. The van der Waals surface area contributed by atoms with Gasteiger partial charge in [0.25, 0.3) is 0 Å². The second kappa shape index (κ2) is 8.39. The lowest BCUT2D eigenvalue weighted by atomic mass is 10.3. The van der Waals surface area contributed by atoms with Gasteiger partial charge in [0, 0.05) is 13.2 Å². The van der Waals surface area contributed by atoms with E-state index in [-0.39, 0.29) is 19.8 Å². The van der Waals surface area contributed by atoms with Crippen molar-refractivity contribution in [1.29, 1.82) is 0 Å². The van der Waals surface area contributed by atoms with E-state index in [0.717, 1.165) is 12.1 Å². The number of aliphatic hydroxyl groups is 1. The normalized spacial score (nSPS) is 10.4. The van der Waals surface area contributed by atoms with Crippen molar-refractivity contribution >= 4 is 11.7 Å². The molecule has 0 atom stereocenters. The molecule has 8 heteroatoms. The Labute approximate surface area is 113 Å². The van der Waals surface area contributed by atoms with E-state index >= 15 is 0 Å². The molecule has 0 aliphatic rings. The number of carbonyl (C=O) groups excluding carboxylic acids is 1. The zero-order valence-electron chi connectivity index (χ0n) is 10.6. The van der Waals surface area contributed by atoms with E-state index in [4.69, 9.17) is 9.84 Å². The van der Waals surface area contributed by atoms with Gasteiger partial charge >= 0.3 is 6.03 Å². The van der Waals surface area contributed by atoms with Gasteiger partial charge in [-0.25, -0.2) is 18.0 Å². The molecule has 0 bridgehead atoms. The molecule has 0 heterocycles. The number of anilines is 1. The van der Waals surface area contributed by atoms with Crippen LogP contribution >= 0.6 is 0 Å². The highest BCUT2D eigenvalue weighted by Gasteiger charge is 2.14. The summed E-state index contributed by atoms with van der Waals surface area (Å²) in [4.78, 5) is 11.4. The van der Waals surface area contributed by atoms with Gasteiger partial charge in [-0.1, -0.05) is 0 Å². The summed E-state index contributed by atoms with van der Waals surface area (Å²) < 4.78 is 43.8. The van der Waals surface area contributed by atoms with Gasteiger partial charge in [-0.3, -0.25) is 0 Å². The third-order valence-corrected chi connectivity index (χ3v) is 2.27. The van der Waals surface area contributed by atoms with E-state index in [9.17, 15) is 18.0 Å². The monoisotopic (exact) mass is 292 g/mol. The standard InChI is InChI=1S/C12H15F3N2O3/c13-8-2-3-9(11(15)10(8)14)17-12(19)16-4-1-6-20-7-5-18/h2-3,18H,1,4-7H2,(H2,16,17,19). The summed E-state index contributed by atoms with van der Waals surface area (Å²) in [6.07, 6.45) is 0.494.